The van der Waals surface area contributed by atoms with Gasteiger partial charge in [0.15, 0.2) is 0 Å². The summed E-state index contributed by atoms with van der Waals surface area (Å²) in [6.45, 7) is 2.96. The molecule has 1 N–H and O–H groups in total. The van der Waals surface area contributed by atoms with E-state index < -0.39 is 5.51 Å². The third-order valence-electron chi connectivity index (χ3n) is 1.87. The lowest BCUT2D eigenvalue weighted by atomic mass is 10.3. The Bertz CT molecular complexity index is 170. The molecule has 104 valence electrons. The highest BCUT2D eigenvalue weighted by molar-refractivity contribution is 8.00. The minimum Gasteiger partial charge on any atom is -0.382 e. The zero-order valence-electron chi connectivity index (χ0n) is 10.0. The second-order valence-corrected chi connectivity index (χ2v) is 4.52. The standard InChI is InChI=1S/C10H20F3NO2S/c1-15-7-8-16-6-3-2-4-14-5-9-17-10(11,12)13/h14H,2-9H2,1H3. The molecule has 0 heterocycles. The number of thioether (sulfide) groups is 1. The van der Waals surface area contributed by atoms with E-state index in [0.29, 0.717) is 26.4 Å². The molecule has 0 amide bonds. The van der Waals surface area contributed by atoms with Crippen LogP contribution in [0.1, 0.15) is 12.8 Å². The second kappa shape index (κ2) is 11.1. The van der Waals surface area contributed by atoms with E-state index in [9.17, 15) is 13.2 Å². The van der Waals surface area contributed by atoms with Gasteiger partial charge < -0.3 is 14.8 Å². The van der Waals surface area contributed by atoms with Crippen LogP contribution < -0.4 is 5.32 Å². The van der Waals surface area contributed by atoms with Crippen molar-refractivity contribution in [2.45, 2.75) is 18.3 Å². The molecule has 0 aliphatic carbocycles. The first-order valence-corrected chi connectivity index (χ1v) is 6.53. The molecule has 0 unspecified atom stereocenters. The summed E-state index contributed by atoms with van der Waals surface area (Å²) in [7, 11) is 1.62. The molecule has 3 nitrogen and oxygen atoms in total. The van der Waals surface area contributed by atoms with E-state index in [1.54, 1.807) is 7.11 Å². The highest BCUT2D eigenvalue weighted by atomic mass is 32.2. The van der Waals surface area contributed by atoms with Crippen molar-refractivity contribution in [3.05, 3.63) is 0 Å². The van der Waals surface area contributed by atoms with Crippen LogP contribution in [-0.4, -0.2) is 51.3 Å². The molecule has 0 aromatic rings. The molecular weight excluding hydrogens is 255 g/mol. The van der Waals surface area contributed by atoms with Crippen LogP contribution in [0.5, 0.6) is 0 Å². The third-order valence-corrected chi connectivity index (χ3v) is 2.60. The van der Waals surface area contributed by atoms with Gasteiger partial charge in [0.05, 0.1) is 13.2 Å². The Morgan fingerprint density at radius 2 is 1.82 bits per heavy atom. The second-order valence-electron chi connectivity index (χ2n) is 3.36. The Kier molecular flexibility index (Phi) is 11.1. The van der Waals surface area contributed by atoms with Crippen LogP contribution in [0.2, 0.25) is 0 Å². The van der Waals surface area contributed by atoms with Gasteiger partial charge in [0.1, 0.15) is 0 Å². The summed E-state index contributed by atoms with van der Waals surface area (Å²) in [4.78, 5) is 0. The molecular formula is C10H20F3NO2S. The molecule has 0 aliphatic heterocycles. The summed E-state index contributed by atoms with van der Waals surface area (Å²) in [5, 5.41) is 2.96. The minimum absolute atomic E-state index is 0.00987. The Morgan fingerprint density at radius 1 is 1.06 bits per heavy atom. The zero-order valence-corrected chi connectivity index (χ0v) is 10.8. The van der Waals surface area contributed by atoms with Gasteiger partial charge in [-0.1, -0.05) is 0 Å². The number of hydrogen-bond acceptors (Lipinski definition) is 4. The van der Waals surface area contributed by atoms with Crippen molar-refractivity contribution in [3.63, 3.8) is 0 Å². The van der Waals surface area contributed by atoms with Crippen molar-refractivity contribution in [3.8, 4) is 0 Å². The van der Waals surface area contributed by atoms with E-state index in [1.807, 2.05) is 0 Å². The Morgan fingerprint density at radius 3 is 2.47 bits per heavy atom. The van der Waals surface area contributed by atoms with Crippen molar-refractivity contribution in [1.82, 2.24) is 5.32 Å². The van der Waals surface area contributed by atoms with Gasteiger partial charge >= 0.3 is 5.51 Å². The van der Waals surface area contributed by atoms with E-state index in [0.717, 1.165) is 19.4 Å². The average molecular weight is 275 g/mol. The van der Waals surface area contributed by atoms with Crippen molar-refractivity contribution in [2.75, 3.05) is 45.8 Å². The summed E-state index contributed by atoms with van der Waals surface area (Å²) in [6, 6.07) is 0. The van der Waals surface area contributed by atoms with Crippen molar-refractivity contribution < 1.29 is 22.6 Å². The van der Waals surface area contributed by atoms with Gasteiger partial charge in [-0.15, -0.1) is 0 Å². The van der Waals surface area contributed by atoms with Crippen LogP contribution in [0.4, 0.5) is 13.2 Å². The maximum atomic E-state index is 11.7. The maximum absolute atomic E-state index is 11.7. The van der Waals surface area contributed by atoms with Crippen LogP contribution in [0.25, 0.3) is 0 Å². The number of rotatable bonds is 11. The van der Waals surface area contributed by atoms with E-state index in [2.05, 4.69) is 5.32 Å². The van der Waals surface area contributed by atoms with Gasteiger partial charge in [0.2, 0.25) is 0 Å². The third kappa shape index (κ3) is 16.0. The molecule has 0 aromatic carbocycles. The van der Waals surface area contributed by atoms with Crippen LogP contribution in [0.15, 0.2) is 0 Å². The SMILES string of the molecule is COCCOCCCCNCCSC(F)(F)F. The molecule has 17 heavy (non-hydrogen) atoms. The van der Waals surface area contributed by atoms with Crippen molar-refractivity contribution in [2.24, 2.45) is 0 Å². The maximum Gasteiger partial charge on any atom is 0.441 e. The monoisotopic (exact) mass is 275 g/mol. The Hall–Kier alpha value is 0.0200. The first kappa shape index (κ1) is 17.0. The van der Waals surface area contributed by atoms with Gasteiger partial charge in [-0.3, -0.25) is 0 Å². The number of hydrogen-bond donors (Lipinski definition) is 1. The molecule has 0 spiro atoms. The summed E-state index contributed by atoms with van der Waals surface area (Å²) in [6.07, 6.45) is 1.81. The smallest absolute Gasteiger partial charge is 0.382 e. The number of alkyl halides is 3. The predicted molar refractivity (Wildman–Crippen MR) is 63.3 cm³/mol. The fourth-order valence-corrected chi connectivity index (χ4v) is 1.54. The average Bonchev–Trinajstić information content (AvgIpc) is 2.24. The lowest BCUT2D eigenvalue weighted by Crippen LogP contribution is -2.20. The van der Waals surface area contributed by atoms with E-state index in [-0.39, 0.29) is 17.5 Å². The van der Waals surface area contributed by atoms with E-state index >= 15 is 0 Å². The fourth-order valence-electron chi connectivity index (χ4n) is 1.06. The van der Waals surface area contributed by atoms with Crippen LogP contribution in [-0.2, 0) is 9.47 Å². The van der Waals surface area contributed by atoms with Crippen LogP contribution >= 0.6 is 11.8 Å². The lowest BCUT2D eigenvalue weighted by Gasteiger charge is -2.07. The summed E-state index contributed by atoms with van der Waals surface area (Å²) in [5.41, 5.74) is -4.11. The van der Waals surface area contributed by atoms with Crippen molar-refractivity contribution >= 4 is 11.8 Å². The summed E-state index contributed by atoms with van der Waals surface area (Å²) < 4.78 is 45.3. The minimum atomic E-state index is -4.11. The number of methoxy groups -OCH3 is 1. The Balaban J connectivity index is 2.99. The molecule has 0 rings (SSSR count). The molecule has 0 fully saturated rings. The fraction of sp³-hybridized carbons (Fsp3) is 1.00. The normalized spacial score (nSPS) is 12.0. The predicted octanol–water partition coefficient (Wildman–Crippen LogP) is 2.27. The number of ether oxygens (including phenoxy) is 2. The van der Waals surface area contributed by atoms with Gasteiger partial charge in [0.25, 0.3) is 0 Å². The van der Waals surface area contributed by atoms with E-state index in [1.165, 1.54) is 0 Å². The van der Waals surface area contributed by atoms with Gasteiger partial charge in [0, 0.05) is 26.0 Å². The lowest BCUT2D eigenvalue weighted by molar-refractivity contribution is -0.0327. The van der Waals surface area contributed by atoms with Crippen LogP contribution in [0, 0.1) is 0 Å². The highest BCUT2D eigenvalue weighted by Gasteiger charge is 2.27. The summed E-state index contributed by atoms with van der Waals surface area (Å²) >= 11 is 0.00987. The number of halogens is 3. The number of nitrogens with one attached hydrogen (secondary N) is 1. The molecule has 0 saturated carbocycles. The molecule has 7 heteroatoms. The molecule has 0 bridgehead atoms. The molecule has 0 aromatic heterocycles. The molecule has 0 atom stereocenters. The number of unbranched alkanes of at least 4 members (excludes halogenated alkanes) is 1. The molecule has 0 saturated heterocycles. The highest BCUT2D eigenvalue weighted by Crippen LogP contribution is 2.29. The summed E-state index contributed by atoms with van der Waals surface area (Å²) in [5.74, 6) is 0.0633. The van der Waals surface area contributed by atoms with Gasteiger partial charge in [-0.2, -0.15) is 13.2 Å². The molecule has 0 aliphatic rings. The quantitative estimate of drug-likeness (QED) is 0.586. The van der Waals surface area contributed by atoms with Crippen LogP contribution in [0.3, 0.4) is 0 Å². The Labute approximate surface area is 104 Å². The largest absolute Gasteiger partial charge is 0.441 e. The first-order chi connectivity index (χ1) is 8.06. The topological polar surface area (TPSA) is 30.5 Å². The first-order valence-electron chi connectivity index (χ1n) is 5.54. The van der Waals surface area contributed by atoms with Crippen molar-refractivity contribution in [1.29, 1.82) is 0 Å². The van der Waals surface area contributed by atoms with Gasteiger partial charge in [-0.25, -0.2) is 0 Å². The van der Waals surface area contributed by atoms with E-state index in [4.69, 9.17) is 9.47 Å². The van der Waals surface area contributed by atoms with Gasteiger partial charge in [-0.05, 0) is 31.1 Å². The zero-order chi connectivity index (χ0) is 13.0. The molecule has 0 radical (unpaired) electrons.